The van der Waals surface area contributed by atoms with E-state index in [4.69, 9.17) is 0 Å². The summed E-state index contributed by atoms with van der Waals surface area (Å²) in [5.74, 6) is -0.870. The first-order valence-electron chi connectivity index (χ1n) is 10.6. The molecule has 4 N–H and O–H groups in total. The van der Waals surface area contributed by atoms with Crippen LogP contribution in [0.25, 0.3) is 0 Å². The van der Waals surface area contributed by atoms with Gasteiger partial charge >= 0.3 is 0 Å². The van der Waals surface area contributed by atoms with Crippen molar-refractivity contribution in [3.8, 4) is 0 Å². The Hall–Kier alpha value is -1.75. The van der Waals surface area contributed by atoms with Crippen LogP contribution >= 0.6 is 21.6 Å². The van der Waals surface area contributed by atoms with Crippen LogP contribution in [0.2, 0.25) is 0 Å². The molecule has 0 aliphatic carbocycles. The number of ketones is 1. The predicted molar refractivity (Wildman–Crippen MR) is 121 cm³/mol. The molecule has 5 unspecified atom stereocenters. The van der Waals surface area contributed by atoms with Gasteiger partial charge in [-0.05, 0) is 39.5 Å². The molecule has 9 nitrogen and oxygen atoms in total. The van der Waals surface area contributed by atoms with Gasteiger partial charge in [0.15, 0.2) is 5.78 Å². The average Bonchev–Trinajstić information content (AvgIpc) is 2.70. The molecule has 2 heterocycles. The first-order valence-corrected chi connectivity index (χ1v) is 13.1. The SMILES string of the molecule is CC1NC(=O)C(C)NC(=O)C2CSSCCCCC(CC(=O)NC(C)C(=O)N2)CC1=O. The zero-order valence-electron chi connectivity index (χ0n) is 18.2. The summed E-state index contributed by atoms with van der Waals surface area (Å²) in [6.45, 7) is 4.71. The lowest BCUT2D eigenvalue weighted by molar-refractivity contribution is -0.134. The Morgan fingerprint density at radius 2 is 1.35 bits per heavy atom. The Morgan fingerprint density at radius 3 is 2.10 bits per heavy atom. The predicted octanol–water partition coefficient (Wildman–Crippen LogP) is 0.530. The van der Waals surface area contributed by atoms with Crippen molar-refractivity contribution in [3.05, 3.63) is 0 Å². The quantitative estimate of drug-likeness (QED) is 0.378. The van der Waals surface area contributed by atoms with Gasteiger partial charge in [-0.25, -0.2) is 0 Å². The van der Waals surface area contributed by atoms with Crippen molar-refractivity contribution in [1.82, 2.24) is 21.3 Å². The molecule has 0 saturated carbocycles. The Morgan fingerprint density at radius 1 is 0.710 bits per heavy atom. The van der Waals surface area contributed by atoms with Gasteiger partial charge < -0.3 is 21.3 Å². The van der Waals surface area contributed by atoms with E-state index >= 15 is 0 Å². The van der Waals surface area contributed by atoms with Crippen molar-refractivity contribution in [2.24, 2.45) is 5.92 Å². The van der Waals surface area contributed by atoms with Gasteiger partial charge in [-0.1, -0.05) is 28.0 Å². The lowest BCUT2D eigenvalue weighted by Crippen LogP contribution is -2.57. The van der Waals surface area contributed by atoms with Gasteiger partial charge in [0.05, 0.1) is 6.04 Å². The lowest BCUT2D eigenvalue weighted by Gasteiger charge is -2.25. The summed E-state index contributed by atoms with van der Waals surface area (Å²) in [7, 11) is 3.10. The molecule has 4 amide bonds. The van der Waals surface area contributed by atoms with Crippen molar-refractivity contribution in [2.45, 2.75) is 77.0 Å². The highest BCUT2D eigenvalue weighted by Gasteiger charge is 2.30. The maximum absolute atomic E-state index is 12.8. The fourth-order valence-electron chi connectivity index (χ4n) is 3.41. The van der Waals surface area contributed by atoms with E-state index in [1.165, 1.54) is 17.7 Å². The highest BCUT2D eigenvalue weighted by Crippen LogP contribution is 2.26. The summed E-state index contributed by atoms with van der Waals surface area (Å²) >= 11 is 0. The van der Waals surface area contributed by atoms with E-state index < -0.39 is 41.9 Å². The number of hydrogen-bond acceptors (Lipinski definition) is 7. The van der Waals surface area contributed by atoms with Crippen molar-refractivity contribution in [2.75, 3.05) is 11.5 Å². The molecule has 2 rings (SSSR count). The maximum atomic E-state index is 12.8. The van der Waals surface area contributed by atoms with Gasteiger partial charge in [-0.3, -0.25) is 24.0 Å². The molecule has 31 heavy (non-hydrogen) atoms. The van der Waals surface area contributed by atoms with Crippen LogP contribution in [-0.4, -0.2) is 65.1 Å². The molecule has 0 aromatic rings. The fourth-order valence-corrected chi connectivity index (χ4v) is 5.72. The third-order valence-corrected chi connectivity index (χ3v) is 7.87. The second kappa shape index (κ2) is 12.3. The van der Waals surface area contributed by atoms with E-state index in [2.05, 4.69) is 21.3 Å². The summed E-state index contributed by atoms with van der Waals surface area (Å²) in [6.07, 6.45) is 2.80. The maximum Gasteiger partial charge on any atom is 0.244 e. The minimum Gasteiger partial charge on any atom is -0.345 e. The molecule has 2 saturated heterocycles. The summed E-state index contributed by atoms with van der Waals surface area (Å²) in [6, 6.07) is -3.27. The highest BCUT2D eigenvalue weighted by atomic mass is 33.1. The Kier molecular flexibility index (Phi) is 10.1. The number of Topliss-reactive ketones (excluding diaryl/α,β-unsaturated/α-hetero) is 1. The number of fused-ring (bicyclic) bond motifs is 7. The van der Waals surface area contributed by atoms with E-state index in [1.54, 1.807) is 24.6 Å². The Bertz CT molecular complexity index is 705. The molecule has 2 fully saturated rings. The van der Waals surface area contributed by atoms with Crippen LogP contribution in [0.3, 0.4) is 0 Å². The van der Waals surface area contributed by atoms with E-state index in [1.807, 2.05) is 0 Å². The molecular formula is C20H32N4O5S2. The largest absolute Gasteiger partial charge is 0.345 e. The van der Waals surface area contributed by atoms with Crippen LogP contribution in [0.4, 0.5) is 0 Å². The molecule has 0 aromatic carbocycles. The van der Waals surface area contributed by atoms with Gasteiger partial charge in [0.25, 0.3) is 0 Å². The zero-order chi connectivity index (χ0) is 23.0. The van der Waals surface area contributed by atoms with Crippen LogP contribution in [-0.2, 0) is 24.0 Å². The summed E-state index contributed by atoms with van der Waals surface area (Å²) < 4.78 is 0. The van der Waals surface area contributed by atoms with Crippen molar-refractivity contribution < 1.29 is 24.0 Å². The molecule has 5 atom stereocenters. The van der Waals surface area contributed by atoms with Crippen LogP contribution in [0.5, 0.6) is 0 Å². The average molecular weight is 473 g/mol. The Balaban J connectivity index is 2.34. The Labute approximate surface area is 190 Å². The van der Waals surface area contributed by atoms with Crippen LogP contribution in [0.1, 0.15) is 52.9 Å². The number of hydrogen-bond donors (Lipinski definition) is 4. The molecular weight excluding hydrogens is 440 g/mol. The van der Waals surface area contributed by atoms with Crippen molar-refractivity contribution >= 4 is 51.0 Å². The van der Waals surface area contributed by atoms with Crippen LogP contribution in [0.15, 0.2) is 0 Å². The smallest absolute Gasteiger partial charge is 0.244 e. The fraction of sp³-hybridized carbons (Fsp3) is 0.750. The van der Waals surface area contributed by atoms with E-state index in [-0.39, 0.29) is 30.4 Å². The number of rotatable bonds is 0. The van der Waals surface area contributed by atoms with Crippen molar-refractivity contribution in [3.63, 3.8) is 0 Å². The summed E-state index contributed by atoms with van der Waals surface area (Å²) in [5, 5.41) is 10.6. The summed E-state index contributed by atoms with van der Waals surface area (Å²) in [5.41, 5.74) is 0. The topological polar surface area (TPSA) is 133 Å². The first kappa shape index (κ1) is 25.5. The van der Waals surface area contributed by atoms with E-state index in [0.29, 0.717) is 12.2 Å². The number of carbonyl (C=O) groups is 5. The highest BCUT2D eigenvalue weighted by molar-refractivity contribution is 8.76. The minimum absolute atomic E-state index is 0.131. The van der Waals surface area contributed by atoms with Crippen molar-refractivity contribution in [1.29, 1.82) is 0 Å². The van der Waals surface area contributed by atoms with Gasteiger partial charge in [-0.15, -0.1) is 0 Å². The molecule has 174 valence electrons. The molecule has 0 spiro atoms. The van der Waals surface area contributed by atoms with Gasteiger partial charge in [-0.2, -0.15) is 0 Å². The number of nitrogens with one attached hydrogen (secondary N) is 4. The minimum atomic E-state index is -0.865. The molecule has 0 aromatic heterocycles. The second-order valence-electron chi connectivity index (χ2n) is 8.15. The van der Waals surface area contributed by atoms with Crippen LogP contribution in [0, 0.1) is 5.92 Å². The monoisotopic (exact) mass is 472 g/mol. The second-order valence-corrected chi connectivity index (χ2v) is 10.8. The number of amides is 4. The van der Waals surface area contributed by atoms with E-state index in [0.717, 1.165) is 18.6 Å². The van der Waals surface area contributed by atoms with Gasteiger partial charge in [0.1, 0.15) is 18.1 Å². The third-order valence-electron chi connectivity index (χ3n) is 5.37. The number of carbonyl (C=O) groups excluding carboxylic acids is 5. The molecule has 0 radical (unpaired) electrons. The standard InChI is InChI=1S/C20H32N4O5S2/c1-11-16(25)8-14-6-4-5-7-30-31-10-15(20(29)23-13(3)18(27)22-11)24-19(28)12(2)21-17(26)9-14/h11-15H,4-10H2,1-3H3,(H,21,26)(H,22,27)(H,23,29)(H,24,28). The van der Waals surface area contributed by atoms with Gasteiger partial charge in [0, 0.05) is 24.3 Å². The third kappa shape index (κ3) is 8.36. The first-order chi connectivity index (χ1) is 14.7. The molecule has 2 bridgehead atoms. The lowest BCUT2D eigenvalue weighted by atomic mass is 9.90. The molecule has 2 aliphatic rings. The van der Waals surface area contributed by atoms with E-state index in [9.17, 15) is 24.0 Å². The normalized spacial score (nSPS) is 32.9. The zero-order valence-corrected chi connectivity index (χ0v) is 19.8. The molecule has 11 heteroatoms. The van der Waals surface area contributed by atoms with Gasteiger partial charge in [0.2, 0.25) is 23.6 Å². The molecule has 2 aliphatic heterocycles. The van der Waals surface area contributed by atoms with Crippen LogP contribution < -0.4 is 21.3 Å². The summed E-state index contributed by atoms with van der Waals surface area (Å²) in [4.78, 5) is 63.1.